The number of hydrogen-bond donors (Lipinski definition) is 1. The number of nitrogens with one attached hydrogen (secondary N) is 1. The first-order valence-corrected chi connectivity index (χ1v) is 8.31. The lowest BCUT2D eigenvalue weighted by Gasteiger charge is -2.34. The fourth-order valence-corrected chi connectivity index (χ4v) is 3.67. The molecule has 2 rings (SSSR count). The van der Waals surface area contributed by atoms with Gasteiger partial charge in [0, 0.05) is 19.0 Å². The quantitative estimate of drug-likeness (QED) is 0.830. The Balaban J connectivity index is 1.75. The van der Waals surface area contributed by atoms with E-state index < -0.39 is 0 Å². The van der Waals surface area contributed by atoms with E-state index in [0.29, 0.717) is 11.9 Å². The highest BCUT2D eigenvalue weighted by atomic mass is 16.2. The van der Waals surface area contributed by atoms with Gasteiger partial charge in [-0.15, -0.1) is 0 Å². The molecule has 1 saturated heterocycles. The topological polar surface area (TPSA) is 32.3 Å². The van der Waals surface area contributed by atoms with Crippen LogP contribution in [0.25, 0.3) is 0 Å². The fourth-order valence-electron chi connectivity index (χ4n) is 3.67. The molecule has 1 N–H and O–H groups in total. The zero-order valence-electron chi connectivity index (χ0n) is 12.5. The van der Waals surface area contributed by atoms with Gasteiger partial charge in [-0.3, -0.25) is 4.79 Å². The van der Waals surface area contributed by atoms with Crippen LogP contribution in [0, 0.1) is 5.92 Å². The minimum atomic E-state index is 0.410. The van der Waals surface area contributed by atoms with Crippen molar-refractivity contribution in [3.05, 3.63) is 0 Å². The molecule has 2 fully saturated rings. The third-order valence-corrected chi connectivity index (χ3v) is 4.90. The highest BCUT2D eigenvalue weighted by molar-refractivity contribution is 5.76. The van der Waals surface area contributed by atoms with Gasteiger partial charge >= 0.3 is 0 Å². The van der Waals surface area contributed by atoms with Crippen LogP contribution >= 0.6 is 0 Å². The molecule has 0 bridgehead atoms. The average molecular weight is 266 g/mol. The van der Waals surface area contributed by atoms with Gasteiger partial charge in [-0.25, -0.2) is 0 Å². The Hall–Kier alpha value is -0.570. The van der Waals surface area contributed by atoms with Crippen LogP contribution in [0.2, 0.25) is 0 Å². The molecule has 19 heavy (non-hydrogen) atoms. The number of amides is 1. The third kappa shape index (κ3) is 4.48. The highest BCUT2D eigenvalue weighted by Crippen LogP contribution is 2.24. The van der Waals surface area contributed by atoms with Gasteiger partial charge in [-0.2, -0.15) is 0 Å². The maximum atomic E-state index is 12.4. The summed E-state index contributed by atoms with van der Waals surface area (Å²) in [5, 5.41) is 3.39. The van der Waals surface area contributed by atoms with Crippen molar-refractivity contribution >= 4 is 5.91 Å². The minimum Gasteiger partial charge on any atom is -0.340 e. The van der Waals surface area contributed by atoms with Crippen LogP contribution in [0.3, 0.4) is 0 Å². The van der Waals surface area contributed by atoms with Crippen LogP contribution in [-0.2, 0) is 4.79 Å². The Morgan fingerprint density at radius 1 is 1.11 bits per heavy atom. The molecule has 0 aromatic heterocycles. The van der Waals surface area contributed by atoms with Crippen molar-refractivity contribution < 1.29 is 4.79 Å². The van der Waals surface area contributed by atoms with Crippen molar-refractivity contribution in [3.63, 3.8) is 0 Å². The zero-order valence-corrected chi connectivity index (χ0v) is 12.5. The van der Waals surface area contributed by atoms with Crippen molar-refractivity contribution in [2.24, 2.45) is 5.92 Å². The van der Waals surface area contributed by atoms with Crippen LogP contribution in [0.15, 0.2) is 0 Å². The summed E-state index contributed by atoms with van der Waals surface area (Å²) in [7, 11) is 0. The van der Waals surface area contributed by atoms with Crippen molar-refractivity contribution in [1.82, 2.24) is 10.2 Å². The summed E-state index contributed by atoms with van der Waals surface area (Å²) in [6.45, 7) is 5.31. The smallest absolute Gasteiger partial charge is 0.222 e. The van der Waals surface area contributed by atoms with Crippen LogP contribution in [-0.4, -0.2) is 36.5 Å². The van der Waals surface area contributed by atoms with E-state index >= 15 is 0 Å². The molecule has 0 radical (unpaired) electrons. The molecule has 2 aliphatic rings. The fraction of sp³-hybridized carbons (Fsp3) is 0.938. The molecule has 0 aromatic rings. The molecule has 3 heteroatoms. The monoisotopic (exact) mass is 266 g/mol. The second-order valence-electron chi connectivity index (χ2n) is 6.20. The zero-order chi connectivity index (χ0) is 13.5. The maximum Gasteiger partial charge on any atom is 0.222 e. The molecule has 1 aliphatic heterocycles. The Kier molecular flexibility index (Phi) is 6.15. The third-order valence-electron chi connectivity index (χ3n) is 4.90. The molecule has 1 heterocycles. The van der Waals surface area contributed by atoms with E-state index in [4.69, 9.17) is 0 Å². The van der Waals surface area contributed by atoms with Gasteiger partial charge in [-0.1, -0.05) is 19.3 Å². The van der Waals surface area contributed by atoms with Crippen molar-refractivity contribution in [1.29, 1.82) is 0 Å². The van der Waals surface area contributed by atoms with Crippen LogP contribution in [0.4, 0.5) is 0 Å². The molecular weight excluding hydrogens is 236 g/mol. The van der Waals surface area contributed by atoms with E-state index in [9.17, 15) is 4.79 Å². The lowest BCUT2D eigenvalue weighted by atomic mass is 9.91. The first kappa shape index (κ1) is 14.8. The van der Waals surface area contributed by atoms with Gasteiger partial charge in [-0.05, 0) is 58.0 Å². The van der Waals surface area contributed by atoms with Crippen molar-refractivity contribution in [2.45, 2.75) is 70.8 Å². The number of carbonyl (C=O) groups excluding carboxylic acids is 1. The predicted molar refractivity (Wildman–Crippen MR) is 79.1 cm³/mol. The molecule has 0 unspecified atom stereocenters. The van der Waals surface area contributed by atoms with E-state index in [1.807, 2.05) is 0 Å². The van der Waals surface area contributed by atoms with E-state index in [1.54, 1.807) is 0 Å². The Morgan fingerprint density at radius 2 is 1.79 bits per heavy atom. The second kappa shape index (κ2) is 7.88. The van der Waals surface area contributed by atoms with Crippen molar-refractivity contribution in [2.75, 3.05) is 19.6 Å². The van der Waals surface area contributed by atoms with E-state index in [1.165, 1.54) is 44.9 Å². The van der Waals surface area contributed by atoms with Gasteiger partial charge in [0.15, 0.2) is 0 Å². The Bertz CT molecular complexity index is 268. The number of piperidine rings is 1. The molecule has 3 nitrogen and oxygen atoms in total. The predicted octanol–water partition coefficient (Wildman–Crippen LogP) is 2.95. The molecular formula is C16H30N2O. The Morgan fingerprint density at radius 3 is 2.42 bits per heavy atom. The largest absolute Gasteiger partial charge is 0.340 e. The van der Waals surface area contributed by atoms with Crippen LogP contribution in [0.1, 0.15) is 64.7 Å². The van der Waals surface area contributed by atoms with E-state index in [0.717, 1.165) is 38.4 Å². The van der Waals surface area contributed by atoms with E-state index in [-0.39, 0.29) is 0 Å². The number of rotatable bonds is 5. The molecule has 1 saturated carbocycles. The summed E-state index contributed by atoms with van der Waals surface area (Å²) in [6, 6.07) is 0.541. The first-order valence-electron chi connectivity index (χ1n) is 8.31. The molecule has 0 spiro atoms. The number of carbonyl (C=O) groups is 1. The summed E-state index contributed by atoms with van der Waals surface area (Å²) >= 11 is 0. The lowest BCUT2D eigenvalue weighted by molar-refractivity contribution is -0.134. The highest BCUT2D eigenvalue weighted by Gasteiger charge is 2.24. The lowest BCUT2D eigenvalue weighted by Crippen LogP contribution is -2.41. The van der Waals surface area contributed by atoms with E-state index in [2.05, 4.69) is 17.1 Å². The maximum absolute atomic E-state index is 12.4. The standard InChI is InChI=1S/C16H30N2O/c1-2-18(15-6-4-3-5-7-15)16(19)9-8-14-10-12-17-13-11-14/h14-15,17H,2-13H2,1H3. The SMILES string of the molecule is CCN(C(=O)CCC1CCNCC1)C1CCCCC1. The summed E-state index contributed by atoms with van der Waals surface area (Å²) < 4.78 is 0. The molecule has 110 valence electrons. The normalized spacial score (nSPS) is 22.4. The summed E-state index contributed by atoms with van der Waals surface area (Å²) in [4.78, 5) is 14.6. The molecule has 0 atom stereocenters. The first-order chi connectivity index (χ1) is 9.31. The van der Waals surface area contributed by atoms with Crippen LogP contribution in [0.5, 0.6) is 0 Å². The van der Waals surface area contributed by atoms with Gasteiger partial charge in [0.2, 0.25) is 5.91 Å². The van der Waals surface area contributed by atoms with Crippen molar-refractivity contribution in [3.8, 4) is 0 Å². The second-order valence-corrected chi connectivity index (χ2v) is 6.20. The Labute approximate surface area is 118 Å². The van der Waals surface area contributed by atoms with Gasteiger partial charge in [0.1, 0.15) is 0 Å². The number of nitrogens with zero attached hydrogens (tertiary/aromatic N) is 1. The van der Waals surface area contributed by atoms with Gasteiger partial charge < -0.3 is 10.2 Å². The van der Waals surface area contributed by atoms with Gasteiger partial charge in [0.25, 0.3) is 0 Å². The summed E-state index contributed by atoms with van der Waals surface area (Å²) in [6.07, 6.45) is 10.8. The minimum absolute atomic E-state index is 0.410. The average Bonchev–Trinajstić information content (AvgIpc) is 2.48. The molecule has 0 aromatic carbocycles. The number of hydrogen-bond acceptors (Lipinski definition) is 2. The molecule has 1 amide bonds. The molecule has 1 aliphatic carbocycles. The van der Waals surface area contributed by atoms with Gasteiger partial charge in [0.05, 0.1) is 0 Å². The summed E-state index contributed by atoms with van der Waals surface area (Å²) in [5.74, 6) is 1.18. The van der Waals surface area contributed by atoms with Crippen LogP contribution < -0.4 is 5.32 Å². The summed E-state index contributed by atoms with van der Waals surface area (Å²) in [5.41, 5.74) is 0.